The lowest BCUT2D eigenvalue weighted by atomic mass is 10.1. The van der Waals surface area contributed by atoms with Crippen LogP contribution in [-0.4, -0.2) is 25.8 Å². The van der Waals surface area contributed by atoms with E-state index in [1.54, 1.807) is 18.3 Å². The highest BCUT2D eigenvalue weighted by Crippen LogP contribution is 2.02. The van der Waals surface area contributed by atoms with E-state index in [-0.39, 0.29) is 5.91 Å². The van der Waals surface area contributed by atoms with Crippen molar-refractivity contribution in [3.63, 3.8) is 0 Å². The van der Waals surface area contributed by atoms with Gasteiger partial charge in [0, 0.05) is 12.1 Å². The standard InChI is InChI=1S/C13H18N2O2/c1-3-4-9-14-13(16)12-7-5-11(6-8-12)10-15-17-2/h5-8,10H,3-4,9H2,1-2H3,(H,14,16)/b15-10+. The number of oxime groups is 1. The molecule has 92 valence electrons. The van der Waals surface area contributed by atoms with Crippen LogP contribution in [0.5, 0.6) is 0 Å². The maximum Gasteiger partial charge on any atom is 0.251 e. The van der Waals surface area contributed by atoms with E-state index in [1.165, 1.54) is 7.11 Å². The largest absolute Gasteiger partial charge is 0.399 e. The molecular formula is C13H18N2O2. The van der Waals surface area contributed by atoms with E-state index in [0.29, 0.717) is 5.56 Å². The number of benzene rings is 1. The summed E-state index contributed by atoms with van der Waals surface area (Å²) in [5, 5.41) is 6.52. The Balaban J connectivity index is 2.54. The molecule has 1 amide bonds. The van der Waals surface area contributed by atoms with Gasteiger partial charge >= 0.3 is 0 Å². The predicted molar refractivity (Wildman–Crippen MR) is 68.3 cm³/mol. The molecule has 0 saturated heterocycles. The monoisotopic (exact) mass is 234 g/mol. The van der Waals surface area contributed by atoms with E-state index in [4.69, 9.17) is 0 Å². The molecule has 0 bridgehead atoms. The number of carbonyl (C=O) groups excluding carboxylic acids is 1. The Morgan fingerprint density at radius 2 is 2.12 bits per heavy atom. The van der Waals surface area contributed by atoms with Crippen LogP contribution in [0.1, 0.15) is 35.7 Å². The first kappa shape index (κ1) is 13.2. The molecule has 1 aromatic rings. The first-order valence-corrected chi connectivity index (χ1v) is 5.72. The van der Waals surface area contributed by atoms with E-state index in [0.717, 1.165) is 24.9 Å². The Morgan fingerprint density at radius 3 is 2.71 bits per heavy atom. The predicted octanol–water partition coefficient (Wildman–Crippen LogP) is 2.20. The molecule has 0 aliphatic heterocycles. The minimum Gasteiger partial charge on any atom is -0.399 e. The van der Waals surface area contributed by atoms with Gasteiger partial charge in [-0.2, -0.15) is 0 Å². The highest BCUT2D eigenvalue weighted by atomic mass is 16.6. The molecule has 0 fully saturated rings. The smallest absolute Gasteiger partial charge is 0.251 e. The summed E-state index contributed by atoms with van der Waals surface area (Å²) in [7, 11) is 1.49. The first-order chi connectivity index (χ1) is 8.27. The third kappa shape index (κ3) is 4.68. The maximum absolute atomic E-state index is 11.7. The van der Waals surface area contributed by atoms with Crippen LogP contribution in [0.25, 0.3) is 0 Å². The quantitative estimate of drug-likeness (QED) is 0.466. The molecule has 1 aromatic carbocycles. The molecule has 0 saturated carbocycles. The number of hydrogen-bond donors (Lipinski definition) is 1. The molecule has 0 spiro atoms. The molecule has 0 atom stereocenters. The minimum absolute atomic E-state index is 0.0336. The van der Waals surface area contributed by atoms with Crippen molar-refractivity contribution >= 4 is 12.1 Å². The molecule has 17 heavy (non-hydrogen) atoms. The summed E-state index contributed by atoms with van der Waals surface area (Å²) in [4.78, 5) is 16.3. The van der Waals surface area contributed by atoms with Gasteiger partial charge in [0.05, 0.1) is 6.21 Å². The topological polar surface area (TPSA) is 50.7 Å². The lowest BCUT2D eigenvalue weighted by Gasteiger charge is -2.04. The van der Waals surface area contributed by atoms with Crippen molar-refractivity contribution in [1.82, 2.24) is 5.32 Å². The van der Waals surface area contributed by atoms with Gasteiger partial charge in [-0.1, -0.05) is 30.6 Å². The van der Waals surface area contributed by atoms with Crippen LogP contribution in [0.4, 0.5) is 0 Å². The fourth-order valence-corrected chi connectivity index (χ4v) is 1.31. The summed E-state index contributed by atoms with van der Waals surface area (Å²) in [5.41, 5.74) is 1.56. The van der Waals surface area contributed by atoms with E-state index in [9.17, 15) is 4.79 Å². The average molecular weight is 234 g/mol. The molecule has 0 radical (unpaired) electrons. The summed E-state index contributed by atoms with van der Waals surface area (Å²) in [6, 6.07) is 7.21. The van der Waals surface area contributed by atoms with Crippen LogP contribution in [-0.2, 0) is 4.84 Å². The van der Waals surface area contributed by atoms with Gasteiger partial charge in [0.1, 0.15) is 7.11 Å². The number of amides is 1. The normalized spacial score (nSPS) is 10.5. The number of carbonyl (C=O) groups is 1. The highest BCUT2D eigenvalue weighted by molar-refractivity contribution is 5.94. The number of hydrogen-bond acceptors (Lipinski definition) is 3. The van der Waals surface area contributed by atoms with Crippen molar-refractivity contribution in [3.8, 4) is 0 Å². The minimum atomic E-state index is -0.0336. The van der Waals surface area contributed by atoms with Crippen LogP contribution in [0, 0.1) is 0 Å². The third-order valence-electron chi connectivity index (χ3n) is 2.30. The lowest BCUT2D eigenvalue weighted by Crippen LogP contribution is -2.24. The summed E-state index contributed by atoms with van der Waals surface area (Å²) in [5.74, 6) is -0.0336. The molecule has 4 nitrogen and oxygen atoms in total. The van der Waals surface area contributed by atoms with Gasteiger partial charge in [0.15, 0.2) is 0 Å². The Hall–Kier alpha value is -1.84. The Morgan fingerprint density at radius 1 is 1.41 bits per heavy atom. The van der Waals surface area contributed by atoms with Gasteiger partial charge in [-0.05, 0) is 24.1 Å². The van der Waals surface area contributed by atoms with Crippen LogP contribution >= 0.6 is 0 Å². The first-order valence-electron chi connectivity index (χ1n) is 5.72. The molecular weight excluding hydrogens is 216 g/mol. The van der Waals surface area contributed by atoms with Crippen molar-refractivity contribution in [3.05, 3.63) is 35.4 Å². The van der Waals surface area contributed by atoms with E-state index in [1.807, 2.05) is 12.1 Å². The summed E-state index contributed by atoms with van der Waals surface area (Å²) < 4.78 is 0. The van der Waals surface area contributed by atoms with Crippen LogP contribution in [0.2, 0.25) is 0 Å². The summed E-state index contributed by atoms with van der Waals surface area (Å²) in [6.07, 6.45) is 3.68. The number of unbranched alkanes of at least 4 members (excludes halogenated alkanes) is 1. The van der Waals surface area contributed by atoms with E-state index >= 15 is 0 Å². The highest BCUT2D eigenvalue weighted by Gasteiger charge is 2.03. The zero-order valence-corrected chi connectivity index (χ0v) is 10.3. The van der Waals surface area contributed by atoms with Gasteiger partial charge < -0.3 is 10.2 Å². The second-order valence-corrected chi connectivity index (χ2v) is 3.65. The number of nitrogens with one attached hydrogen (secondary N) is 1. The maximum atomic E-state index is 11.7. The molecule has 0 unspecified atom stereocenters. The zero-order chi connectivity index (χ0) is 12.5. The summed E-state index contributed by atoms with van der Waals surface area (Å²) >= 11 is 0. The molecule has 0 aliphatic rings. The van der Waals surface area contributed by atoms with Gasteiger partial charge in [-0.25, -0.2) is 0 Å². The van der Waals surface area contributed by atoms with Crippen molar-refractivity contribution in [1.29, 1.82) is 0 Å². The second-order valence-electron chi connectivity index (χ2n) is 3.65. The fourth-order valence-electron chi connectivity index (χ4n) is 1.31. The van der Waals surface area contributed by atoms with E-state index < -0.39 is 0 Å². The van der Waals surface area contributed by atoms with Gasteiger partial charge in [0.2, 0.25) is 0 Å². The third-order valence-corrected chi connectivity index (χ3v) is 2.30. The summed E-state index contributed by atoms with van der Waals surface area (Å²) in [6.45, 7) is 2.82. The molecule has 0 heterocycles. The van der Waals surface area contributed by atoms with Crippen molar-refractivity contribution in [2.75, 3.05) is 13.7 Å². The second kappa shape index (κ2) is 7.44. The van der Waals surface area contributed by atoms with Crippen molar-refractivity contribution in [2.45, 2.75) is 19.8 Å². The van der Waals surface area contributed by atoms with Gasteiger partial charge in [0.25, 0.3) is 5.91 Å². The van der Waals surface area contributed by atoms with Crippen molar-refractivity contribution < 1.29 is 9.63 Å². The average Bonchev–Trinajstić information content (AvgIpc) is 2.37. The zero-order valence-electron chi connectivity index (χ0n) is 10.3. The lowest BCUT2D eigenvalue weighted by molar-refractivity contribution is 0.0953. The number of nitrogens with zero attached hydrogens (tertiary/aromatic N) is 1. The molecule has 0 aromatic heterocycles. The van der Waals surface area contributed by atoms with Crippen molar-refractivity contribution in [2.24, 2.45) is 5.16 Å². The SMILES string of the molecule is CCCCNC(=O)c1ccc(/C=N/OC)cc1. The van der Waals surface area contributed by atoms with Crippen LogP contribution < -0.4 is 5.32 Å². The Bertz CT molecular complexity index is 372. The fraction of sp³-hybridized carbons (Fsp3) is 0.385. The molecule has 1 N–H and O–H groups in total. The van der Waals surface area contributed by atoms with Gasteiger partial charge in [-0.15, -0.1) is 0 Å². The van der Waals surface area contributed by atoms with Crippen LogP contribution in [0.15, 0.2) is 29.4 Å². The Labute approximate surface area is 102 Å². The Kier molecular flexibility index (Phi) is 5.79. The molecule has 0 aliphatic carbocycles. The molecule has 4 heteroatoms. The van der Waals surface area contributed by atoms with Gasteiger partial charge in [-0.3, -0.25) is 4.79 Å². The van der Waals surface area contributed by atoms with Crippen LogP contribution in [0.3, 0.4) is 0 Å². The number of rotatable bonds is 6. The molecule has 1 rings (SSSR count). The van der Waals surface area contributed by atoms with E-state index in [2.05, 4.69) is 22.2 Å².